The van der Waals surface area contributed by atoms with Crippen molar-refractivity contribution in [3.63, 3.8) is 0 Å². The van der Waals surface area contributed by atoms with E-state index in [0.29, 0.717) is 27.5 Å². The van der Waals surface area contributed by atoms with Gasteiger partial charge in [-0.25, -0.2) is 9.97 Å². The molecule has 168 valence electrons. The zero-order valence-corrected chi connectivity index (χ0v) is 19.6. The summed E-state index contributed by atoms with van der Waals surface area (Å²) in [5, 5.41) is 13.6. The maximum atomic E-state index is 13.2. The van der Waals surface area contributed by atoms with E-state index in [4.69, 9.17) is 16.2 Å². The third-order valence-electron chi connectivity index (χ3n) is 5.18. The SMILES string of the molecule is CCOc1ccc2nc(NC(=O)c3sc4nc(N)c(C#N)c(-c5ccccc5)c4c3N)sc2c1. The summed E-state index contributed by atoms with van der Waals surface area (Å²) in [4.78, 5) is 22.8. The number of carbonyl (C=O) groups is 1. The number of nitriles is 1. The van der Waals surface area contributed by atoms with E-state index in [2.05, 4.69) is 21.4 Å². The number of pyridine rings is 1. The average Bonchev–Trinajstić information content (AvgIpc) is 3.38. The van der Waals surface area contributed by atoms with E-state index in [-0.39, 0.29) is 21.9 Å². The summed E-state index contributed by atoms with van der Waals surface area (Å²) in [7, 11) is 0. The summed E-state index contributed by atoms with van der Waals surface area (Å²) in [6.45, 7) is 2.49. The van der Waals surface area contributed by atoms with Crippen molar-refractivity contribution < 1.29 is 9.53 Å². The van der Waals surface area contributed by atoms with Gasteiger partial charge in [0.2, 0.25) is 0 Å². The highest BCUT2D eigenvalue weighted by atomic mass is 32.1. The minimum atomic E-state index is -0.402. The van der Waals surface area contributed by atoms with E-state index in [1.807, 2.05) is 55.5 Å². The number of nitrogen functional groups attached to an aromatic ring is 2. The van der Waals surface area contributed by atoms with Gasteiger partial charge in [-0.1, -0.05) is 41.7 Å². The average molecular weight is 487 g/mol. The van der Waals surface area contributed by atoms with Gasteiger partial charge >= 0.3 is 0 Å². The summed E-state index contributed by atoms with van der Waals surface area (Å²) < 4.78 is 6.43. The molecule has 2 aromatic carbocycles. The number of carbonyl (C=O) groups excluding carboxylic acids is 1. The first-order valence-electron chi connectivity index (χ1n) is 10.3. The van der Waals surface area contributed by atoms with E-state index in [0.717, 1.165) is 32.9 Å². The Morgan fingerprint density at radius 3 is 2.68 bits per heavy atom. The Hall–Kier alpha value is -4.20. The van der Waals surface area contributed by atoms with E-state index < -0.39 is 5.91 Å². The molecule has 10 heteroatoms. The van der Waals surface area contributed by atoms with Crippen molar-refractivity contribution >= 4 is 65.7 Å². The molecule has 0 saturated carbocycles. The first-order chi connectivity index (χ1) is 16.5. The first-order valence-corrected chi connectivity index (χ1v) is 11.9. The standard InChI is InChI=1S/C24H18N6O2S2/c1-2-32-13-8-9-15-16(10-13)33-24(28-15)30-22(31)20-19(26)18-17(12-6-4-3-5-7-12)14(11-25)21(27)29-23(18)34-20/h3-10H,2,26H2,1H3,(H2,27,29)(H,28,30,31). The normalized spacial score (nSPS) is 10.9. The summed E-state index contributed by atoms with van der Waals surface area (Å²) in [5.41, 5.74) is 15.1. The second-order valence-corrected chi connectivity index (χ2v) is 9.32. The number of aromatic nitrogens is 2. The molecule has 1 amide bonds. The van der Waals surface area contributed by atoms with Gasteiger partial charge in [0.15, 0.2) is 5.13 Å². The number of nitrogens with zero attached hydrogens (tertiary/aromatic N) is 3. The lowest BCUT2D eigenvalue weighted by atomic mass is 9.97. The molecule has 0 saturated heterocycles. The maximum Gasteiger partial charge on any atom is 0.269 e. The van der Waals surface area contributed by atoms with E-state index >= 15 is 0 Å². The van der Waals surface area contributed by atoms with Crippen LogP contribution in [-0.2, 0) is 0 Å². The first kappa shape index (κ1) is 21.6. The predicted molar refractivity (Wildman–Crippen MR) is 137 cm³/mol. The van der Waals surface area contributed by atoms with Gasteiger partial charge in [-0.15, -0.1) is 11.3 Å². The number of rotatable bonds is 5. The van der Waals surface area contributed by atoms with Gasteiger partial charge < -0.3 is 16.2 Å². The van der Waals surface area contributed by atoms with Gasteiger partial charge in [-0.2, -0.15) is 5.26 Å². The second-order valence-electron chi connectivity index (χ2n) is 7.29. The Balaban J connectivity index is 1.57. The molecular weight excluding hydrogens is 468 g/mol. The van der Waals surface area contributed by atoms with Crippen molar-refractivity contribution in [2.75, 3.05) is 23.4 Å². The third-order valence-corrected chi connectivity index (χ3v) is 7.21. The van der Waals surface area contributed by atoms with E-state index in [9.17, 15) is 10.1 Å². The number of fused-ring (bicyclic) bond motifs is 2. The summed E-state index contributed by atoms with van der Waals surface area (Å²) in [6.07, 6.45) is 0. The fourth-order valence-electron chi connectivity index (χ4n) is 3.71. The molecule has 5 rings (SSSR count). The molecular formula is C24H18N6O2S2. The fourth-order valence-corrected chi connectivity index (χ4v) is 5.61. The van der Waals surface area contributed by atoms with Crippen LogP contribution in [0.1, 0.15) is 22.2 Å². The Morgan fingerprint density at radius 2 is 1.94 bits per heavy atom. The molecule has 0 atom stereocenters. The van der Waals surface area contributed by atoms with Crippen LogP contribution in [0.3, 0.4) is 0 Å². The van der Waals surface area contributed by atoms with Crippen molar-refractivity contribution in [2.24, 2.45) is 0 Å². The Kier molecular flexibility index (Phi) is 5.49. The number of thiazole rings is 1. The Bertz CT molecular complexity index is 1600. The third kappa shape index (κ3) is 3.67. The van der Waals surface area contributed by atoms with Crippen LogP contribution in [0.15, 0.2) is 48.5 Å². The van der Waals surface area contributed by atoms with Gasteiger partial charge in [0, 0.05) is 10.9 Å². The lowest BCUT2D eigenvalue weighted by molar-refractivity contribution is 0.103. The van der Waals surface area contributed by atoms with Gasteiger partial charge in [-0.05, 0) is 30.7 Å². The minimum absolute atomic E-state index is 0.0957. The zero-order valence-electron chi connectivity index (χ0n) is 18.0. The molecule has 0 aliphatic carbocycles. The summed E-state index contributed by atoms with van der Waals surface area (Å²) in [5.74, 6) is 0.440. The fraction of sp³-hybridized carbons (Fsp3) is 0.0833. The molecule has 3 heterocycles. The number of ether oxygens (including phenoxy) is 1. The van der Waals surface area contributed by atoms with Crippen LogP contribution in [0.2, 0.25) is 0 Å². The summed E-state index contributed by atoms with van der Waals surface area (Å²) >= 11 is 2.47. The summed E-state index contributed by atoms with van der Waals surface area (Å²) in [6, 6.07) is 17.0. The minimum Gasteiger partial charge on any atom is -0.494 e. The second kappa shape index (κ2) is 8.62. The Labute approximate surface area is 202 Å². The van der Waals surface area contributed by atoms with Crippen molar-refractivity contribution in [1.82, 2.24) is 9.97 Å². The molecule has 0 spiro atoms. The molecule has 0 fully saturated rings. The van der Waals surface area contributed by atoms with Crippen LogP contribution in [0.5, 0.6) is 5.75 Å². The van der Waals surface area contributed by atoms with Crippen molar-refractivity contribution in [3.05, 3.63) is 59.0 Å². The smallest absolute Gasteiger partial charge is 0.269 e. The lowest BCUT2D eigenvalue weighted by Gasteiger charge is -2.09. The quantitative estimate of drug-likeness (QED) is 0.308. The highest BCUT2D eigenvalue weighted by Crippen LogP contribution is 2.43. The largest absolute Gasteiger partial charge is 0.494 e. The molecule has 5 N–H and O–H groups in total. The van der Waals surface area contributed by atoms with Gasteiger partial charge in [0.05, 0.1) is 22.5 Å². The number of hydrogen-bond acceptors (Lipinski definition) is 9. The molecule has 34 heavy (non-hydrogen) atoms. The molecule has 5 aromatic rings. The van der Waals surface area contributed by atoms with Crippen LogP contribution >= 0.6 is 22.7 Å². The number of thiophene rings is 1. The molecule has 8 nitrogen and oxygen atoms in total. The van der Waals surface area contributed by atoms with Crippen LogP contribution in [0.25, 0.3) is 31.6 Å². The van der Waals surface area contributed by atoms with Gasteiger partial charge in [0.25, 0.3) is 5.91 Å². The molecule has 0 radical (unpaired) electrons. The number of anilines is 3. The lowest BCUT2D eigenvalue weighted by Crippen LogP contribution is -2.11. The topological polar surface area (TPSA) is 140 Å². The van der Waals surface area contributed by atoms with Crippen molar-refractivity contribution in [1.29, 1.82) is 5.26 Å². The molecule has 3 aromatic heterocycles. The molecule has 0 aliphatic rings. The van der Waals surface area contributed by atoms with Crippen LogP contribution in [-0.4, -0.2) is 22.5 Å². The van der Waals surface area contributed by atoms with Crippen molar-refractivity contribution in [2.45, 2.75) is 6.92 Å². The monoisotopic (exact) mass is 486 g/mol. The van der Waals surface area contributed by atoms with E-state index in [1.54, 1.807) is 0 Å². The van der Waals surface area contributed by atoms with Gasteiger partial charge in [-0.3, -0.25) is 10.1 Å². The number of nitrogens with one attached hydrogen (secondary N) is 1. The number of hydrogen-bond donors (Lipinski definition) is 3. The predicted octanol–water partition coefficient (Wildman–Crippen LogP) is 5.26. The Morgan fingerprint density at radius 1 is 1.15 bits per heavy atom. The van der Waals surface area contributed by atoms with Crippen LogP contribution < -0.4 is 21.5 Å². The maximum absolute atomic E-state index is 13.2. The van der Waals surface area contributed by atoms with Gasteiger partial charge in [0.1, 0.15) is 32.9 Å². The van der Waals surface area contributed by atoms with Crippen LogP contribution in [0.4, 0.5) is 16.6 Å². The number of amides is 1. The highest BCUT2D eigenvalue weighted by molar-refractivity contribution is 7.23. The number of nitrogens with two attached hydrogens (primary N) is 2. The molecule has 0 unspecified atom stereocenters. The van der Waals surface area contributed by atoms with Crippen molar-refractivity contribution in [3.8, 4) is 22.9 Å². The van der Waals surface area contributed by atoms with Crippen LogP contribution in [0, 0.1) is 11.3 Å². The molecule has 0 bridgehead atoms. The molecule has 0 aliphatic heterocycles. The highest BCUT2D eigenvalue weighted by Gasteiger charge is 2.24. The van der Waals surface area contributed by atoms with E-state index in [1.165, 1.54) is 11.3 Å². The zero-order chi connectivity index (χ0) is 23.8. The number of benzene rings is 2.